The molecule has 1 aliphatic heterocycles. The lowest BCUT2D eigenvalue weighted by Crippen LogP contribution is -1.97. The zero-order valence-electron chi connectivity index (χ0n) is 4.11. The summed E-state index contributed by atoms with van der Waals surface area (Å²) >= 11 is 0. The van der Waals surface area contributed by atoms with Gasteiger partial charge in [0.05, 0.1) is 0 Å². The molecule has 0 amide bonds. The molecular weight excluding hydrogens is 88.1 g/mol. The summed E-state index contributed by atoms with van der Waals surface area (Å²) < 4.78 is 5.00. The van der Waals surface area contributed by atoms with E-state index < -0.39 is 0 Å². The van der Waals surface area contributed by atoms with E-state index in [1.165, 1.54) is 0 Å². The Kier molecular flexibility index (Phi) is 1.33. The zero-order valence-corrected chi connectivity index (χ0v) is 4.11. The highest BCUT2D eigenvalue weighted by molar-refractivity contribution is 4.90. The van der Waals surface area contributed by atoms with Gasteiger partial charge < -0.3 is 4.74 Å². The van der Waals surface area contributed by atoms with Crippen LogP contribution in [0.5, 0.6) is 0 Å². The van der Waals surface area contributed by atoms with E-state index in [0.29, 0.717) is 0 Å². The summed E-state index contributed by atoms with van der Waals surface area (Å²) in [6, 6.07) is 0. The van der Waals surface area contributed by atoms with Crippen molar-refractivity contribution in [3.63, 3.8) is 0 Å². The van der Waals surface area contributed by atoms with Gasteiger partial charge in [-0.15, -0.1) is 0 Å². The first kappa shape index (κ1) is 4.67. The molecule has 1 rings (SSSR count). The Hall–Kier alpha value is -0.480. The summed E-state index contributed by atoms with van der Waals surface area (Å²) in [6.07, 6.45) is 8.72. The van der Waals surface area contributed by atoms with Gasteiger partial charge in [0, 0.05) is 6.61 Å². The van der Waals surface area contributed by atoms with Gasteiger partial charge in [-0.2, -0.15) is 0 Å². The Morgan fingerprint density at radius 1 is 1.71 bits per heavy atom. The average molecular weight is 95.1 g/mol. The van der Waals surface area contributed by atoms with Crippen LogP contribution in [-0.4, -0.2) is 12.7 Å². The van der Waals surface area contributed by atoms with E-state index >= 15 is 0 Å². The van der Waals surface area contributed by atoms with E-state index in [1.807, 2.05) is 0 Å². The van der Waals surface area contributed by atoms with Gasteiger partial charge in [0.2, 0.25) is 0 Å². The van der Waals surface area contributed by atoms with Gasteiger partial charge in [0.1, 0.15) is 6.10 Å². The van der Waals surface area contributed by atoms with Crippen LogP contribution in [0.15, 0.2) is 0 Å². The molecule has 0 aromatic heterocycles. The van der Waals surface area contributed by atoms with E-state index in [-0.39, 0.29) is 6.10 Å². The molecule has 1 aliphatic rings. The van der Waals surface area contributed by atoms with Crippen molar-refractivity contribution in [1.82, 2.24) is 0 Å². The monoisotopic (exact) mass is 95.0 g/mol. The molecule has 1 fully saturated rings. The van der Waals surface area contributed by atoms with Crippen LogP contribution in [0.25, 0.3) is 0 Å². The largest absolute Gasteiger partial charge is 0.365 e. The third-order valence-corrected chi connectivity index (χ3v) is 1.09. The van der Waals surface area contributed by atoms with Crippen molar-refractivity contribution < 1.29 is 4.74 Å². The van der Waals surface area contributed by atoms with Crippen LogP contribution in [0, 0.1) is 12.3 Å². The molecule has 0 aromatic carbocycles. The van der Waals surface area contributed by atoms with Gasteiger partial charge in [0.25, 0.3) is 0 Å². The molecule has 0 spiro atoms. The van der Waals surface area contributed by atoms with Gasteiger partial charge in [-0.3, -0.25) is 0 Å². The van der Waals surface area contributed by atoms with Crippen LogP contribution < -0.4 is 0 Å². The minimum Gasteiger partial charge on any atom is -0.365 e. The predicted molar refractivity (Wildman–Crippen MR) is 26.1 cm³/mol. The smallest absolute Gasteiger partial charge is 0.119 e. The molecule has 1 heteroatoms. The number of ether oxygens (including phenoxy) is 1. The van der Waals surface area contributed by atoms with Gasteiger partial charge in [0.15, 0.2) is 0 Å². The standard InChI is InChI=1S/C6H7O/c1-2-6-4-3-5-7-6/h6H,3-5H2. The zero-order chi connectivity index (χ0) is 5.11. The Morgan fingerprint density at radius 2 is 2.57 bits per heavy atom. The van der Waals surface area contributed by atoms with Crippen LogP contribution in [0.3, 0.4) is 0 Å². The first-order valence-corrected chi connectivity index (χ1v) is 2.47. The van der Waals surface area contributed by atoms with Gasteiger partial charge in [-0.1, -0.05) is 5.92 Å². The van der Waals surface area contributed by atoms with Gasteiger partial charge >= 0.3 is 0 Å². The molecule has 1 saturated heterocycles. The topological polar surface area (TPSA) is 9.23 Å². The lowest BCUT2D eigenvalue weighted by Gasteiger charge is -1.93. The van der Waals surface area contributed by atoms with Crippen molar-refractivity contribution in [1.29, 1.82) is 0 Å². The SMILES string of the molecule is [C]#CC1CCCO1. The van der Waals surface area contributed by atoms with Crippen molar-refractivity contribution in [2.45, 2.75) is 18.9 Å². The first-order chi connectivity index (χ1) is 3.43. The van der Waals surface area contributed by atoms with E-state index in [2.05, 4.69) is 5.92 Å². The summed E-state index contributed by atoms with van der Waals surface area (Å²) in [7, 11) is 0. The van der Waals surface area contributed by atoms with Gasteiger partial charge in [-0.25, -0.2) is 0 Å². The van der Waals surface area contributed by atoms with E-state index in [0.717, 1.165) is 19.4 Å². The highest BCUT2D eigenvalue weighted by Crippen LogP contribution is 2.09. The fraction of sp³-hybridized carbons (Fsp3) is 0.667. The van der Waals surface area contributed by atoms with Crippen molar-refractivity contribution in [3.05, 3.63) is 6.42 Å². The van der Waals surface area contributed by atoms with Crippen molar-refractivity contribution in [2.24, 2.45) is 0 Å². The predicted octanol–water partition coefficient (Wildman–Crippen LogP) is 0.755. The molecule has 1 nitrogen and oxygen atoms in total. The number of hydrogen-bond acceptors (Lipinski definition) is 1. The quantitative estimate of drug-likeness (QED) is 0.403. The Bertz CT molecular complexity index is 84.8. The average Bonchev–Trinajstić information content (AvgIpc) is 2.14. The van der Waals surface area contributed by atoms with Crippen molar-refractivity contribution in [3.8, 4) is 5.92 Å². The molecule has 1 unspecified atom stereocenters. The van der Waals surface area contributed by atoms with Gasteiger partial charge in [-0.05, 0) is 19.3 Å². The third kappa shape index (κ3) is 0.942. The molecular formula is C6H7O. The van der Waals surface area contributed by atoms with E-state index in [4.69, 9.17) is 11.2 Å². The third-order valence-electron chi connectivity index (χ3n) is 1.09. The second-order valence-electron chi connectivity index (χ2n) is 1.65. The molecule has 1 radical (unpaired) electrons. The summed E-state index contributed by atoms with van der Waals surface area (Å²) in [5.74, 6) is 2.29. The maximum Gasteiger partial charge on any atom is 0.119 e. The van der Waals surface area contributed by atoms with Crippen LogP contribution in [0.4, 0.5) is 0 Å². The molecule has 7 heavy (non-hydrogen) atoms. The first-order valence-electron chi connectivity index (χ1n) is 2.47. The normalized spacial score (nSPS) is 29.9. The second kappa shape index (κ2) is 1.99. The highest BCUT2D eigenvalue weighted by Gasteiger charge is 2.10. The Balaban J connectivity index is 2.31. The lowest BCUT2D eigenvalue weighted by molar-refractivity contribution is 0.152. The second-order valence-corrected chi connectivity index (χ2v) is 1.65. The number of rotatable bonds is 0. The highest BCUT2D eigenvalue weighted by atomic mass is 16.5. The molecule has 1 heterocycles. The van der Waals surface area contributed by atoms with Crippen LogP contribution >= 0.6 is 0 Å². The number of hydrogen-bond donors (Lipinski definition) is 0. The summed E-state index contributed by atoms with van der Waals surface area (Å²) in [4.78, 5) is 0. The van der Waals surface area contributed by atoms with E-state index in [9.17, 15) is 0 Å². The van der Waals surface area contributed by atoms with Crippen molar-refractivity contribution >= 4 is 0 Å². The van der Waals surface area contributed by atoms with Crippen LogP contribution in [-0.2, 0) is 4.74 Å². The molecule has 0 aliphatic carbocycles. The Morgan fingerprint density at radius 3 is 2.86 bits per heavy atom. The molecule has 0 N–H and O–H groups in total. The summed E-state index contributed by atoms with van der Waals surface area (Å²) in [5.41, 5.74) is 0. The molecule has 0 aromatic rings. The maximum atomic E-state index is 6.62. The molecule has 0 saturated carbocycles. The lowest BCUT2D eigenvalue weighted by atomic mass is 10.2. The maximum absolute atomic E-state index is 6.62. The summed E-state index contributed by atoms with van der Waals surface area (Å²) in [5, 5.41) is 0. The minimum atomic E-state index is 0.0139. The minimum absolute atomic E-state index is 0.0139. The van der Waals surface area contributed by atoms with E-state index in [1.54, 1.807) is 0 Å². The molecule has 37 valence electrons. The van der Waals surface area contributed by atoms with Crippen LogP contribution in [0.1, 0.15) is 12.8 Å². The fourth-order valence-corrected chi connectivity index (χ4v) is 0.691. The molecule has 1 atom stereocenters. The molecule has 0 bridgehead atoms. The Labute approximate surface area is 43.7 Å². The fourth-order valence-electron chi connectivity index (χ4n) is 0.691. The van der Waals surface area contributed by atoms with Crippen LogP contribution in [0.2, 0.25) is 0 Å². The summed E-state index contributed by atoms with van der Waals surface area (Å²) in [6.45, 7) is 0.816. The van der Waals surface area contributed by atoms with Crippen molar-refractivity contribution in [2.75, 3.05) is 6.61 Å².